The highest BCUT2D eigenvalue weighted by molar-refractivity contribution is 7.89. The molecule has 1 aromatic carbocycles. The third-order valence-electron chi connectivity index (χ3n) is 3.14. The molecule has 1 amide bonds. The predicted molar refractivity (Wildman–Crippen MR) is 68.6 cm³/mol. The summed E-state index contributed by atoms with van der Waals surface area (Å²) in [5.74, 6) is -0.00562. The molecule has 0 bridgehead atoms. The van der Waals surface area contributed by atoms with E-state index in [4.69, 9.17) is 0 Å². The van der Waals surface area contributed by atoms with Crippen molar-refractivity contribution in [1.29, 1.82) is 0 Å². The van der Waals surface area contributed by atoms with Gasteiger partial charge in [0.05, 0.1) is 12.0 Å². The number of hydrogen-bond acceptors (Lipinski definition) is 4. The van der Waals surface area contributed by atoms with Crippen molar-refractivity contribution in [3.63, 3.8) is 0 Å². The molecule has 19 heavy (non-hydrogen) atoms. The van der Waals surface area contributed by atoms with E-state index in [9.17, 15) is 13.2 Å². The van der Waals surface area contributed by atoms with Crippen molar-refractivity contribution in [1.82, 2.24) is 9.79 Å². The molecular formula is C12H16N2O4S. The monoisotopic (exact) mass is 284 g/mol. The van der Waals surface area contributed by atoms with Crippen LogP contribution in [0.5, 0.6) is 0 Å². The summed E-state index contributed by atoms with van der Waals surface area (Å²) in [5.41, 5.74) is 1.94. The van der Waals surface area contributed by atoms with Gasteiger partial charge in [0.25, 0.3) is 10.0 Å². The maximum atomic E-state index is 11.8. The fraction of sp³-hybridized carbons (Fsp3) is 0.417. The van der Waals surface area contributed by atoms with Gasteiger partial charge in [-0.2, -0.15) is 0 Å². The quantitative estimate of drug-likeness (QED) is 0.817. The fourth-order valence-electron chi connectivity index (χ4n) is 2.13. The second-order valence-electron chi connectivity index (χ2n) is 4.41. The number of rotatable bonds is 3. The van der Waals surface area contributed by atoms with Gasteiger partial charge in [-0.25, -0.2) is 8.42 Å². The van der Waals surface area contributed by atoms with Gasteiger partial charge in [-0.1, -0.05) is 11.0 Å². The lowest BCUT2D eigenvalue weighted by atomic mass is 10.00. The largest absolute Gasteiger partial charge is 0.338 e. The summed E-state index contributed by atoms with van der Waals surface area (Å²) in [7, 11) is -2.41. The van der Waals surface area contributed by atoms with Crippen molar-refractivity contribution in [3.05, 3.63) is 29.3 Å². The average Bonchev–Trinajstić information content (AvgIpc) is 2.37. The minimum absolute atomic E-state index is 0.00562. The number of carbonyl (C=O) groups excluding carboxylic acids is 1. The molecule has 6 nitrogen and oxygen atoms in total. The first-order valence-electron chi connectivity index (χ1n) is 5.86. The van der Waals surface area contributed by atoms with Crippen molar-refractivity contribution in [2.24, 2.45) is 0 Å². The summed E-state index contributed by atoms with van der Waals surface area (Å²) in [5, 5.41) is 0. The highest BCUT2D eigenvalue weighted by Crippen LogP contribution is 2.22. The molecule has 1 heterocycles. The van der Waals surface area contributed by atoms with Gasteiger partial charge in [-0.3, -0.25) is 9.63 Å². The molecular weight excluding hydrogens is 268 g/mol. The SMILES string of the molecule is CONS(=O)(=O)c1ccc2c(c1)CN(C(C)=O)CC2. The number of hydrogen-bond donors (Lipinski definition) is 1. The summed E-state index contributed by atoms with van der Waals surface area (Å²) in [6, 6.07) is 4.92. The van der Waals surface area contributed by atoms with E-state index in [2.05, 4.69) is 4.84 Å². The van der Waals surface area contributed by atoms with Crippen LogP contribution in [0.4, 0.5) is 0 Å². The maximum absolute atomic E-state index is 11.8. The molecule has 0 fully saturated rings. The number of fused-ring (bicyclic) bond motifs is 1. The van der Waals surface area contributed by atoms with Crippen molar-refractivity contribution < 1.29 is 18.0 Å². The number of nitrogens with zero attached hydrogens (tertiary/aromatic N) is 1. The highest BCUT2D eigenvalue weighted by Gasteiger charge is 2.21. The Morgan fingerprint density at radius 3 is 2.74 bits per heavy atom. The molecule has 2 rings (SSSR count). The first kappa shape index (κ1) is 14.0. The first-order chi connectivity index (χ1) is 8.94. The van der Waals surface area contributed by atoms with Gasteiger partial charge in [0.1, 0.15) is 0 Å². The molecule has 0 unspecified atom stereocenters. The van der Waals surface area contributed by atoms with Crippen LogP contribution in [0.2, 0.25) is 0 Å². The summed E-state index contributed by atoms with van der Waals surface area (Å²) in [6.07, 6.45) is 0.743. The standard InChI is InChI=1S/C12H16N2O4S/c1-9(15)14-6-5-10-3-4-12(7-11(10)8-14)19(16,17)13-18-2/h3-4,7,13H,5-6,8H2,1-2H3. The maximum Gasteiger partial charge on any atom is 0.262 e. The molecule has 0 saturated carbocycles. The minimum Gasteiger partial charge on any atom is -0.338 e. The summed E-state index contributed by atoms with van der Waals surface area (Å²) < 4.78 is 23.6. The lowest BCUT2D eigenvalue weighted by Gasteiger charge is -2.28. The van der Waals surface area contributed by atoms with E-state index in [1.54, 1.807) is 23.1 Å². The van der Waals surface area contributed by atoms with E-state index < -0.39 is 10.0 Å². The van der Waals surface area contributed by atoms with Crippen LogP contribution in [0.25, 0.3) is 0 Å². The second-order valence-corrected chi connectivity index (χ2v) is 6.06. The van der Waals surface area contributed by atoms with Crippen LogP contribution < -0.4 is 4.89 Å². The Balaban J connectivity index is 2.34. The van der Waals surface area contributed by atoms with Gasteiger partial charge < -0.3 is 4.90 Å². The van der Waals surface area contributed by atoms with Crippen molar-refractivity contribution in [2.45, 2.75) is 24.8 Å². The van der Waals surface area contributed by atoms with Crippen LogP contribution in [0.1, 0.15) is 18.1 Å². The van der Waals surface area contributed by atoms with Crippen molar-refractivity contribution in [2.75, 3.05) is 13.7 Å². The average molecular weight is 284 g/mol. The molecule has 1 aliphatic heterocycles. The van der Waals surface area contributed by atoms with Gasteiger partial charge in [0.2, 0.25) is 5.91 Å². The van der Waals surface area contributed by atoms with Gasteiger partial charge >= 0.3 is 0 Å². The Labute approximate surface area is 112 Å². The number of nitrogens with one attached hydrogen (secondary N) is 1. The topological polar surface area (TPSA) is 75.7 Å². The molecule has 104 valence electrons. The molecule has 1 aromatic rings. The lowest BCUT2D eigenvalue weighted by molar-refractivity contribution is -0.129. The van der Waals surface area contributed by atoms with Gasteiger partial charge in [-0.15, -0.1) is 0 Å². The van der Waals surface area contributed by atoms with E-state index in [1.165, 1.54) is 14.0 Å². The third kappa shape index (κ3) is 2.94. The zero-order valence-corrected chi connectivity index (χ0v) is 11.7. The molecule has 1 N–H and O–H groups in total. The molecule has 0 spiro atoms. The summed E-state index contributed by atoms with van der Waals surface area (Å²) in [6.45, 7) is 2.63. The molecule has 0 atom stereocenters. The molecule has 0 radical (unpaired) electrons. The Kier molecular flexibility index (Phi) is 3.88. The Hall–Kier alpha value is -1.44. The normalized spacial score (nSPS) is 15.2. The Morgan fingerprint density at radius 1 is 1.37 bits per heavy atom. The summed E-state index contributed by atoms with van der Waals surface area (Å²) >= 11 is 0. The van der Waals surface area contributed by atoms with Crippen molar-refractivity contribution in [3.8, 4) is 0 Å². The van der Waals surface area contributed by atoms with E-state index in [0.29, 0.717) is 13.1 Å². The predicted octanol–water partition coefficient (Wildman–Crippen LogP) is 0.431. The fourth-order valence-corrected chi connectivity index (χ4v) is 2.99. The molecule has 0 saturated heterocycles. The van der Waals surface area contributed by atoms with Gasteiger partial charge in [0.15, 0.2) is 0 Å². The summed E-state index contributed by atoms with van der Waals surface area (Å²) in [4.78, 5) is 19.6. The molecule has 0 aliphatic carbocycles. The second kappa shape index (κ2) is 5.28. The van der Waals surface area contributed by atoms with Crippen LogP contribution in [0.3, 0.4) is 0 Å². The van der Waals surface area contributed by atoms with Crippen LogP contribution in [0, 0.1) is 0 Å². The van der Waals surface area contributed by atoms with Crippen LogP contribution in [-0.4, -0.2) is 32.9 Å². The number of carbonyl (C=O) groups is 1. The van der Waals surface area contributed by atoms with E-state index in [1.807, 2.05) is 4.89 Å². The van der Waals surface area contributed by atoms with E-state index >= 15 is 0 Å². The zero-order valence-electron chi connectivity index (χ0n) is 10.8. The van der Waals surface area contributed by atoms with Gasteiger partial charge in [0, 0.05) is 20.0 Å². The molecule has 7 heteroatoms. The Morgan fingerprint density at radius 2 is 2.11 bits per heavy atom. The smallest absolute Gasteiger partial charge is 0.262 e. The van der Waals surface area contributed by atoms with Crippen LogP contribution in [-0.2, 0) is 32.6 Å². The first-order valence-corrected chi connectivity index (χ1v) is 7.34. The van der Waals surface area contributed by atoms with Crippen molar-refractivity contribution >= 4 is 15.9 Å². The van der Waals surface area contributed by atoms with Crippen LogP contribution >= 0.6 is 0 Å². The third-order valence-corrected chi connectivity index (χ3v) is 4.40. The zero-order chi connectivity index (χ0) is 14.0. The lowest BCUT2D eigenvalue weighted by Crippen LogP contribution is -2.34. The van der Waals surface area contributed by atoms with E-state index in [-0.39, 0.29) is 10.8 Å². The Bertz CT molecular complexity index is 598. The molecule has 0 aromatic heterocycles. The minimum atomic E-state index is -3.66. The number of benzene rings is 1. The van der Waals surface area contributed by atoms with Gasteiger partial charge in [-0.05, 0) is 29.7 Å². The molecule has 1 aliphatic rings. The highest BCUT2D eigenvalue weighted by atomic mass is 32.2. The van der Waals surface area contributed by atoms with E-state index in [0.717, 1.165) is 17.5 Å². The van der Waals surface area contributed by atoms with Crippen LogP contribution in [0.15, 0.2) is 23.1 Å². The number of sulfonamides is 1. The number of amides is 1.